The minimum atomic E-state index is -0.372. The third-order valence-corrected chi connectivity index (χ3v) is 6.92. The first-order valence-electron chi connectivity index (χ1n) is 9.17. The summed E-state index contributed by atoms with van der Waals surface area (Å²) in [5.74, 6) is 4.74. The number of hydrogen-bond donors (Lipinski definition) is 1. The highest BCUT2D eigenvalue weighted by Gasteiger charge is 2.57. The van der Waals surface area contributed by atoms with Crippen molar-refractivity contribution < 1.29 is 5.11 Å². The number of aromatic nitrogens is 3. The highest BCUT2D eigenvalue weighted by Crippen LogP contribution is 2.62. The number of thioether (sulfide) groups is 1. The Labute approximate surface area is 143 Å². The molecule has 4 fully saturated rings. The molecule has 0 aliphatic heterocycles. The first-order chi connectivity index (χ1) is 11.0. The fraction of sp³-hybridized carbons (Fsp3) is 0.889. The molecule has 4 aliphatic carbocycles. The van der Waals surface area contributed by atoms with E-state index in [1.54, 1.807) is 0 Å². The lowest BCUT2D eigenvalue weighted by Gasteiger charge is -2.60. The molecule has 2 atom stereocenters. The number of aliphatic hydroxyl groups is 1. The van der Waals surface area contributed by atoms with E-state index in [2.05, 4.69) is 17.9 Å². The van der Waals surface area contributed by atoms with E-state index in [4.69, 9.17) is 10.1 Å². The lowest BCUT2D eigenvalue weighted by Crippen LogP contribution is -2.56. The third-order valence-electron chi connectivity index (χ3n) is 6.31. The summed E-state index contributed by atoms with van der Waals surface area (Å²) in [4.78, 5) is 4.87. The normalized spacial score (nSPS) is 38.4. The zero-order chi connectivity index (χ0) is 16.1. The number of hydrogen-bond acceptors (Lipinski definition) is 4. The van der Waals surface area contributed by atoms with Gasteiger partial charge in [0.05, 0.1) is 5.60 Å². The maximum Gasteiger partial charge on any atom is 0.151 e. The van der Waals surface area contributed by atoms with Crippen LogP contribution in [-0.4, -0.2) is 37.5 Å². The summed E-state index contributed by atoms with van der Waals surface area (Å²) in [5.41, 5.74) is -0.0849. The molecule has 0 aromatic carbocycles. The van der Waals surface area contributed by atoms with Gasteiger partial charge in [-0.3, -0.25) is 4.68 Å². The molecular weight excluding hydrogens is 306 g/mol. The van der Waals surface area contributed by atoms with E-state index in [1.807, 2.05) is 11.8 Å². The largest absolute Gasteiger partial charge is 0.390 e. The summed E-state index contributed by atoms with van der Waals surface area (Å²) in [6.07, 6.45) is 11.1. The average Bonchev–Trinajstić information content (AvgIpc) is 2.83. The van der Waals surface area contributed by atoms with E-state index >= 15 is 0 Å². The maximum absolute atomic E-state index is 10.9. The van der Waals surface area contributed by atoms with Crippen molar-refractivity contribution in [2.24, 2.45) is 17.3 Å². The molecule has 23 heavy (non-hydrogen) atoms. The van der Waals surface area contributed by atoms with Crippen molar-refractivity contribution >= 4 is 11.8 Å². The summed E-state index contributed by atoms with van der Waals surface area (Å²) in [7, 11) is 0. The number of rotatable bonds is 6. The van der Waals surface area contributed by atoms with Crippen LogP contribution in [0.4, 0.5) is 0 Å². The summed E-state index contributed by atoms with van der Waals surface area (Å²) >= 11 is 1.85. The van der Waals surface area contributed by atoms with Crippen LogP contribution in [0.3, 0.4) is 0 Å². The minimum Gasteiger partial charge on any atom is -0.390 e. The quantitative estimate of drug-likeness (QED) is 0.868. The predicted octanol–water partition coefficient (Wildman–Crippen LogP) is 3.08. The van der Waals surface area contributed by atoms with Crippen LogP contribution >= 0.6 is 11.8 Å². The summed E-state index contributed by atoms with van der Waals surface area (Å²) in [6.45, 7) is 3.05. The molecule has 0 spiro atoms. The van der Waals surface area contributed by atoms with Crippen molar-refractivity contribution in [2.45, 2.75) is 70.4 Å². The topological polar surface area (TPSA) is 50.9 Å². The van der Waals surface area contributed by atoms with Crippen LogP contribution in [0.5, 0.6) is 0 Å². The summed E-state index contributed by atoms with van der Waals surface area (Å²) < 4.78 is 2.11. The predicted molar refractivity (Wildman–Crippen MR) is 93.6 cm³/mol. The second kappa shape index (κ2) is 5.76. The molecule has 4 saturated carbocycles. The van der Waals surface area contributed by atoms with E-state index in [1.165, 1.54) is 19.3 Å². The Bertz CT molecular complexity index is 571. The van der Waals surface area contributed by atoms with E-state index in [0.29, 0.717) is 0 Å². The molecule has 1 aromatic heterocycles. The molecule has 0 radical (unpaired) electrons. The van der Waals surface area contributed by atoms with E-state index in [-0.39, 0.29) is 11.0 Å². The smallest absolute Gasteiger partial charge is 0.151 e. The highest BCUT2D eigenvalue weighted by atomic mass is 32.2. The Morgan fingerprint density at radius 3 is 2.61 bits per heavy atom. The van der Waals surface area contributed by atoms with Crippen LogP contribution in [-0.2, 0) is 19.4 Å². The standard InChI is InChI=1S/C18H29N3OS/c1-3-21-16(19-15(20-21)4-5-23-2)11-17-7-13-6-14(8-17)10-18(22,9-13)12-17/h13-14,22H,3-12H2,1-2H3/t13-,14-,17?,18?/m1/s1. The lowest BCUT2D eigenvalue weighted by atomic mass is 9.47. The molecule has 128 valence electrons. The maximum atomic E-state index is 10.9. The molecule has 0 amide bonds. The van der Waals surface area contributed by atoms with Crippen molar-refractivity contribution in [1.29, 1.82) is 0 Å². The molecule has 4 bridgehead atoms. The average molecular weight is 336 g/mol. The van der Waals surface area contributed by atoms with E-state index in [9.17, 15) is 5.11 Å². The molecule has 5 rings (SSSR count). The third kappa shape index (κ3) is 2.95. The van der Waals surface area contributed by atoms with Gasteiger partial charge in [0, 0.05) is 25.1 Å². The fourth-order valence-corrected chi connectivity index (χ4v) is 6.44. The van der Waals surface area contributed by atoms with Gasteiger partial charge in [0.1, 0.15) is 5.82 Å². The van der Waals surface area contributed by atoms with Crippen LogP contribution in [0.15, 0.2) is 0 Å². The molecule has 1 N–H and O–H groups in total. The Morgan fingerprint density at radius 1 is 1.26 bits per heavy atom. The lowest BCUT2D eigenvalue weighted by molar-refractivity contribution is -0.163. The Hall–Kier alpha value is -0.550. The van der Waals surface area contributed by atoms with Crippen molar-refractivity contribution in [3.63, 3.8) is 0 Å². The Kier molecular flexibility index (Phi) is 4.00. The van der Waals surface area contributed by atoms with Crippen molar-refractivity contribution in [3.8, 4) is 0 Å². The molecule has 0 saturated heterocycles. The van der Waals surface area contributed by atoms with Gasteiger partial charge in [-0.2, -0.15) is 16.9 Å². The zero-order valence-electron chi connectivity index (χ0n) is 14.4. The second-order valence-electron chi connectivity index (χ2n) is 8.36. The van der Waals surface area contributed by atoms with E-state index in [0.717, 1.165) is 67.9 Å². The number of nitrogens with zero attached hydrogens (tertiary/aromatic N) is 3. The molecule has 5 heteroatoms. The SMILES string of the molecule is CCn1nc(CCSC)nc1CC12C[C@H]3C[C@@H](CC(O)(C3)C1)C2. The van der Waals surface area contributed by atoms with Gasteiger partial charge < -0.3 is 5.11 Å². The van der Waals surface area contributed by atoms with Crippen LogP contribution in [0.1, 0.15) is 57.1 Å². The van der Waals surface area contributed by atoms with Crippen molar-refractivity contribution in [3.05, 3.63) is 11.6 Å². The monoisotopic (exact) mass is 335 g/mol. The Balaban J connectivity index is 1.56. The molecule has 0 unspecified atom stereocenters. The first kappa shape index (κ1) is 15.9. The van der Waals surface area contributed by atoms with Crippen molar-refractivity contribution in [2.75, 3.05) is 12.0 Å². The van der Waals surface area contributed by atoms with Gasteiger partial charge in [-0.05, 0) is 69.0 Å². The van der Waals surface area contributed by atoms with Gasteiger partial charge in [0.25, 0.3) is 0 Å². The first-order valence-corrected chi connectivity index (χ1v) is 10.6. The van der Waals surface area contributed by atoms with Crippen LogP contribution < -0.4 is 0 Å². The van der Waals surface area contributed by atoms with Crippen LogP contribution in [0.2, 0.25) is 0 Å². The van der Waals surface area contributed by atoms with Crippen LogP contribution in [0, 0.1) is 17.3 Å². The van der Waals surface area contributed by atoms with Gasteiger partial charge in [-0.1, -0.05) is 0 Å². The Morgan fingerprint density at radius 2 is 2.00 bits per heavy atom. The zero-order valence-corrected chi connectivity index (χ0v) is 15.2. The number of aryl methyl sites for hydroxylation is 2. The summed E-state index contributed by atoms with van der Waals surface area (Å²) in [6, 6.07) is 0. The molecule has 4 nitrogen and oxygen atoms in total. The highest BCUT2D eigenvalue weighted by molar-refractivity contribution is 7.98. The van der Waals surface area contributed by atoms with Gasteiger partial charge in [-0.25, -0.2) is 4.98 Å². The van der Waals surface area contributed by atoms with Gasteiger partial charge in [0.15, 0.2) is 5.82 Å². The van der Waals surface area contributed by atoms with Gasteiger partial charge >= 0.3 is 0 Å². The van der Waals surface area contributed by atoms with Crippen LogP contribution in [0.25, 0.3) is 0 Å². The molecular formula is C18H29N3OS. The molecule has 1 heterocycles. The van der Waals surface area contributed by atoms with Gasteiger partial charge in [-0.15, -0.1) is 0 Å². The fourth-order valence-electron chi connectivity index (χ4n) is 6.05. The summed E-state index contributed by atoms with van der Waals surface area (Å²) in [5, 5.41) is 15.7. The van der Waals surface area contributed by atoms with Crippen molar-refractivity contribution in [1.82, 2.24) is 14.8 Å². The van der Waals surface area contributed by atoms with E-state index < -0.39 is 0 Å². The molecule has 4 aliphatic rings. The minimum absolute atomic E-state index is 0.287. The van der Waals surface area contributed by atoms with Gasteiger partial charge in [0.2, 0.25) is 0 Å². The molecule has 1 aromatic rings. The second-order valence-corrected chi connectivity index (χ2v) is 9.35.